The smallest absolute Gasteiger partial charge is 0.253 e. The second-order valence-corrected chi connectivity index (χ2v) is 5.23. The van der Waals surface area contributed by atoms with E-state index in [1.807, 2.05) is 50.1 Å². The van der Waals surface area contributed by atoms with Gasteiger partial charge in [0.2, 0.25) is 0 Å². The average Bonchev–Trinajstić information content (AvgIpc) is 2.81. The molecule has 0 aliphatic rings. The SMILES string of the molecule is CCN(CC)C(=O)c1ccc2c(CC(C)N)c[nH]c2c1. The lowest BCUT2D eigenvalue weighted by Crippen LogP contribution is -2.30. The van der Waals surface area contributed by atoms with Crippen LogP contribution in [0.2, 0.25) is 0 Å². The van der Waals surface area contributed by atoms with E-state index < -0.39 is 0 Å². The molecule has 0 aliphatic heterocycles. The van der Waals surface area contributed by atoms with Crippen molar-refractivity contribution in [3.05, 3.63) is 35.5 Å². The first-order valence-electron chi connectivity index (χ1n) is 7.21. The number of carbonyl (C=O) groups is 1. The van der Waals surface area contributed by atoms with E-state index in [-0.39, 0.29) is 11.9 Å². The number of rotatable bonds is 5. The van der Waals surface area contributed by atoms with Crippen LogP contribution in [0.4, 0.5) is 0 Å². The molecule has 0 saturated carbocycles. The van der Waals surface area contributed by atoms with E-state index in [0.717, 1.165) is 36.0 Å². The summed E-state index contributed by atoms with van der Waals surface area (Å²) in [6, 6.07) is 5.98. The maximum Gasteiger partial charge on any atom is 0.253 e. The first-order chi connectivity index (χ1) is 9.56. The third-order valence-corrected chi connectivity index (χ3v) is 3.61. The van der Waals surface area contributed by atoms with Crippen LogP contribution < -0.4 is 5.73 Å². The van der Waals surface area contributed by atoms with Crippen molar-refractivity contribution < 1.29 is 4.79 Å². The molecule has 0 fully saturated rings. The second-order valence-electron chi connectivity index (χ2n) is 5.23. The van der Waals surface area contributed by atoms with Gasteiger partial charge in [-0.1, -0.05) is 6.07 Å². The van der Waals surface area contributed by atoms with Crippen molar-refractivity contribution in [1.82, 2.24) is 9.88 Å². The first-order valence-corrected chi connectivity index (χ1v) is 7.21. The van der Waals surface area contributed by atoms with Crippen LogP contribution in [-0.4, -0.2) is 34.9 Å². The third kappa shape index (κ3) is 2.85. The zero-order valence-corrected chi connectivity index (χ0v) is 12.4. The predicted molar refractivity (Wildman–Crippen MR) is 82.9 cm³/mol. The number of amides is 1. The van der Waals surface area contributed by atoms with Crippen LogP contribution >= 0.6 is 0 Å². The van der Waals surface area contributed by atoms with Crippen molar-refractivity contribution in [2.45, 2.75) is 33.2 Å². The number of nitrogens with zero attached hydrogens (tertiary/aromatic N) is 1. The lowest BCUT2D eigenvalue weighted by molar-refractivity contribution is 0.0773. The summed E-state index contributed by atoms with van der Waals surface area (Å²) in [6.45, 7) is 7.45. The number of hydrogen-bond donors (Lipinski definition) is 2. The molecule has 20 heavy (non-hydrogen) atoms. The summed E-state index contributed by atoms with van der Waals surface area (Å²) in [4.78, 5) is 17.4. The number of hydrogen-bond acceptors (Lipinski definition) is 2. The second kappa shape index (κ2) is 6.09. The van der Waals surface area contributed by atoms with Crippen LogP contribution in [0.25, 0.3) is 10.9 Å². The van der Waals surface area contributed by atoms with Gasteiger partial charge in [0.1, 0.15) is 0 Å². The molecular formula is C16H23N3O. The van der Waals surface area contributed by atoms with Crippen LogP contribution in [0.3, 0.4) is 0 Å². The van der Waals surface area contributed by atoms with E-state index in [1.54, 1.807) is 0 Å². The topological polar surface area (TPSA) is 62.1 Å². The van der Waals surface area contributed by atoms with Crippen molar-refractivity contribution in [2.75, 3.05) is 13.1 Å². The van der Waals surface area contributed by atoms with Crippen molar-refractivity contribution in [1.29, 1.82) is 0 Å². The van der Waals surface area contributed by atoms with Gasteiger partial charge in [-0.2, -0.15) is 0 Å². The predicted octanol–water partition coefficient (Wildman–Crippen LogP) is 2.54. The van der Waals surface area contributed by atoms with Crippen molar-refractivity contribution >= 4 is 16.8 Å². The molecule has 1 aromatic heterocycles. The average molecular weight is 273 g/mol. The number of aromatic amines is 1. The summed E-state index contributed by atoms with van der Waals surface area (Å²) in [5.41, 5.74) is 8.79. The van der Waals surface area contributed by atoms with Gasteiger partial charge < -0.3 is 15.6 Å². The molecule has 1 heterocycles. The van der Waals surface area contributed by atoms with Gasteiger partial charge in [-0.15, -0.1) is 0 Å². The van der Waals surface area contributed by atoms with Gasteiger partial charge in [0.25, 0.3) is 5.91 Å². The van der Waals surface area contributed by atoms with Crippen LogP contribution in [0, 0.1) is 0 Å². The van der Waals surface area contributed by atoms with E-state index in [9.17, 15) is 4.79 Å². The zero-order chi connectivity index (χ0) is 14.7. The molecule has 0 aliphatic carbocycles. The number of nitrogens with two attached hydrogens (primary N) is 1. The molecule has 0 radical (unpaired) electrons. The molecule has 1 amide bonds. The van der Waals surface area contributed by atoms with Gasteiger partial charge in [0.15, 0.2) is 0 Å². The fraction of sp³-hybridized carbons (Fsp3) is 0.438. The lowest BCUT2D eigenvalue weighted by Gasteiger charge is -2.18. The summed E-state index contributed by atoms with van der Waals surface area (Å²) in [5.74, 6) is 0.0836. The minimum atomic E-state index is 0.0836. The zero-order valence-electron chi connectivity index (χ0n) is 12.4. The van der Waals surface area contributed by atoms with Gasteiger partial charge >= 0.3 is 0 Å². The Morgan fingerprint density at radius 2 is 2.05 bits per heavy atom. The molecule has 3 N–H and O–H groups in total. The van der Waals surface area contributed by atoms with Crippen LogP contribution in [0.15, 0.2) is 24.4 Å². The molecule has 0 spiro atoms. The quantitative estimate of drug-likeness (QED) is 0.879. The molecule has 4 nitrogen and oxygen atoms in total. The standard InChI is InChI=1S/C16H23N3O/c1-4-19(5-2)16(20)12-6-7-14-13(8-11(3)17)10-18-15(14)9-12/h6-7,9-11,18H,4-5,8,17H2,1-3H3. The minimum absolute atomic E-state index is 0.0836. The monoisotopic (exact) mass is 273 g/mol. The maximum absolute atomic E-state index is 12.3. The largest absolute Gasteiger partial charge is 0.361 e. The summed E-state index contributed by atoms with van der Waals surface area (Å²) in [6.07, 6.45) is 2.82. The molecule has 0 saturated heterocycles. The Morgan fingerprint density at radius 3 is 2.65 bits per heavy atom. The summed E-state index contributed by atoms with van der Waals surface area (Å²) in [7, 11) is 0. The molecule has 2 aromatic rings. The van der Waals surface area contributed by atoms with E-state index in [2.05, 4.69) is 4.98 Å². The van der Waals surface area contributed by atoms with Crippen LogP contribution in [0.5, 0.6) is 0 Å². The Bertz CT molecular complexity index is 597. The van der Waals surface area contributed by atoms with Crippen molar-refractivity contribution in [2.24, 2.45) is 5.73 Å². The van der Waals surface area contributed by atoms with E-state index in [0.29, 0.717) is 0 Å². The van der Waals surface area contributed by atoms with Crippen LogP contribution in [0.1, 0.15) is 36.7 Å². The Labute approximate surface area is 120 Å². The van der Waals surface area contributed by atoms with Gasteiger partial charge in [-0.05, 0) is 44.9 Å². The number of fused-ring (bicyclic) bond motifs is 1. The number of carbonyl (C=O) groups excluding carboxylic acids is 1. The number of benzene rings is 1. The van der Waals surface area contributed by atoms with Crippen molar-refractivity contribution in [3.8, 4) is 0 Å². The lowest BCUT2D eigenvalue weighted by atomic mass is 10.0. The summed E-state index contributed by atoms with van der Waals surface area (Å²) in [5, 5.41) is 1.15. The van der Waals surface area contributed by atoms with E-state index in [4.69, 9.17) is 5.73 Å². The van der Waals surface area contributed by atoms with Gasteiger partial charge in [-0.25, -0.2) is 0 Å². The molecule has 2 rings (SSSR count). The Hall–Kier alpha value is -1.81. The highest BCUT2D eigenvalue weighted by molar-refractivity contribution is 5.98. The molecule has 4 heteroatoms. The van der Waals surface area contributed by atoms with E-state index >= 15 is 0 Å². The van der Waals surface area contributed by atoms with Crippen molar-refractivity contribution in [3.63, 3.8) is 0 Å². The van der Waals surface area contributed by atoms with Crippen LogP contribution in [-0.2, 0) is 6.42 Å². The highest BCUT2D eigenvalue weighted by Crippen LogP contribution is 2.21. The van der Waals surface area contributed by atoms with Gasteiger partial charge in [0.05, 0.1) is 0 Å². The summed E-state index contributed by atoms with van der Waals surface area (Å²) >= 11 is 0. The van der Waals surface area contributed by atoms with Gasteiger partial charge in [-0.3, -0.25) is 4.79 Å². The minimum Gasteiger partial charge on any atom is -0.361 e. The number of nitrogens with one attached hydrogen (secondary N) is 1. The molecule has 1 unspecified atom stereocenters. The number of H-pyrrole nitrogens is 1. The summed E-state index contributed by atoms with van der Waals surface area (Å²) < 4.78 is 0. The Morgan fingerprint density at radius 1 is 1.35 bits per heavy atom. The molecule has 0 bridgehead atoms. The Balaban J connectivity index is 2.33. The molecule has 1 atom stereocenters. The molecular weight excluding hydrogens is 250 g/mol. The molecule has 1 aromatic carbocycles. The molecule has 108 valence electrons. The fourth-order valence-corrected chi connectivity index (χ4v) is 2.53. The normalized spacial score (nSPS) is 12.6. The third-order valence-electron chi connectivity index (χ3n) is 3.61. The fourth-order valence-electron chi connectivity index (χ4n) is 2.53. The number of aromatic nitrogens is 1. The Kier molecular flexibility index (Phi) is 4.45. The van der Waals surface area contributed by atoms with E-state index in [1.165, 1.54) is 5.56 Å². The highest BCUT2D eigenvalue weighted by atomic mass is 16.2. The first kappa shape index (κ1) is 14.6. The maximum atomic E-state index is 12.3. The van der Waals surface area contributed by atoms with Gasteiger partial charge in [0, 0.05) is 41.8 Å². The highest BCUT2D eigenvalue weighted by Gasteiger charge is 2.14.